The lowest BCUT2D eigenvalue weighted by Crippen LogP contribution is -2.26. The van der Waals surface area contributed by atoms with Crippen LogP contribution in [0.2, 0.25) is 0 Å². The van der Waals surface area contributed by atoms with Crippen LogP contribution in [0.15, 0.2) is 30.3 Å². The third kappa shape index (κ3) is 3.86. The molecular weight excluding hydrogens is 296 g/mol. The second kappa shape index (κ2) is 6.02. The zero-order chi connectivity index (χ0) is 15.5. The van der Waals surface area contributed by atoms with Crippen LogP contribution in [0.4, 0.5) is 11.5 Å². The van der Waals surface area contributed by atoms with Crippen LogP contribution >= 0.6 is 0 Å². The van der Waals surface area contributed by atoms with Crippen LogP contribution in [-0.2, 0) is 10.0 Å². The molecule has 0 spiro atoms. The van der Waals surface area contributed by atoms with Gasteiger partial charge in [0, 0.05) is 24.1 Å². The predicted molar refractivity (Wildman–Crippen MR) is 79.7 cm³/mol. The van der Waals surface area contributed by atoms with Gasteiger partial charge in [-0.1, -0.05) is 0 Å². The number of nitro groups is 1. The van der Waals surface area contributed by atoms with Crippen LogP contribution in [0, 0.1) is 10.1 Å². The van der Waals surface area contributed by atoms with Gasteiger partial charge in [0.25, 0.3) is 5.69 Å². The molecule has 1 heterocycles. The molecule has 0 radical (unpaired) electrons. The van der Waals surface area contributed by atoms with Gasteiger partial charge in [0.1, 0.15) is 5.82 Å². The maximum absolute atomic E-state index is 11.3. The minimum absolute atomic E-state index is 0.00474. The van der Waals surface area contributed by atoms with Crippen molar-refractivity contribution < 1.29 is 13.3 Å². The monoisotopic (exact) mass is 310 g/mol. The van der Waals surface area contributed by atoms with Crippen LogP contribution in [0.1, 0.15) is 0 Å². The summed E-state index contributed by atoms with van der Waals surface area (Å²) < 4.78 is 24.8. The van der Waals surface area contributed by atoms with Gasteiger partial charge in [-0.05, 0) is 25.2 Å². The van der Waals surface area contributed by atoms with Crippen molar-refractivity contribution in [1.29, 1.82) is 0 Å². The number of fused-ring (bicyclic) bond motifs is 1. The molecule has 0 saturated heterocycles. The number of anilines is 1. The van der Waals surface area contributed by atoms with Gasteiger partial charge in [-0.25, -0.2) is 18.1 Å². The largest absolute Gasteiger partial charge is 0.369 e. The van der Waals surface area contributed by atoms with Crippen molar-refractivity contribution in [3.8, 4) is 0 Å². The van der Waals surface area contributed by atoms with E-state index < -0.39 is 14.9 Å². The molecule has 0 bridgehead atoms. The van der Waals surface area contributed by atoms with E-state index in [1.165, 1.54) is 19.2 Å². The van der Waals surface area contributed by atoms with Crippen LogP contribution in [0.25, 0.3) is 10.9 Å². The first-order valence-corrected chi connectivity index (χ1v) is 7.77. The standard InChI is InChI=1S/C12H14N4O4S/c1-13-21(19,20)7-6-14-12-5-2-9-8-10(16(17)18)3-4-11(9)15-12/h2-5,8,13H,6-7H2,1H3,(H,14,15). The number of hydrogen-bond acceptors (Lipinski definition) is 6. The Morgan fingerprint density at radius 3 is 2.71 bits per heavy atom. The fourth-order valence-electron chi connectivity index (χ4n) is 1.74. The molecule has 112 valence electrons. The number of non-ortho nitro benzene ring substituents is 1. The van der Waals surface area contributed by atoms with Gasteiger partial charge in [0.15, 0.2) is 0 Å². The lowest BCUT2D eigenvalue weighted by Gasteiger charge is -2.07. The van der Waals surface area contributed by atoms with E-state index in [0.29, 0.717) is 16.7 Å². The molecule has 1 aromatic heterocycles. The first kappa shape index (κ1) is 15.1. The average Bonchev–Trinajstić information content (AvgIpc) is 2.46. The minimum Gasteiger partial charge on any atom is -0.369 e. The normalized spacial score (nSPS) is 11.5. The summed E-state index contributed by atoms with van der Waals surface area (Å²) in [6.45, 7) is 0.217. The average molecular weight is 310 g/mol. The highest BCUT2D eigenvalue weighted by atomic mass is 32.2. The molecule has 0 atom stereocenters. The van der Waals surface area contributed by atoms with E-state index in [0.717, 1.165) is 0 Å². The zero-order valence-corrected chi connectivity index (χ0v) is 12.1. The molecule has 0 amide bonds. The molecule has 2 aromatic rings. The number of nitrogens with one attached hydrogen (secondary N) is 2. The van der Waals surface area contributed by atoms with Gasteiger partial charge in [-0.15, -0.1) is 0 Å². The van der Waals surface area contributed by atoms with E-state index in [1.807, 2.05) is 0 Å². The Bertz CT molecular complexity index is 776. The number of rotatable bonds is 6. The van der Waals surface area contributed by atoms with Gasteiger partial charge < -0.3 is 5.32 Å². The molecule has 1 aromatic carbocycles. The highest BCUT2D eigenvalue weighted by Crippen LogP contribution is 2.20. The molecule has 0 aliphatic carbocycles. The molecule has 0 unspecified atom stereocenters. The van der Waals surface area contributed by atoms with Crippen LogP contribution in [-0.4, -0.2) is 37.7 Å². The van der Waals surface area contributed by atoms with E-state index in [4.69, 9.17) is 0 Å². The number of benzene rings is 1. The quantitative estimate of drug-likeness (QED) is 0.610. The molecule has 2 rings (SSSR count). The Labute approximate surface area is 121 Å². The van der Waals surface area contributed by atoms with E-state index in [2.05, 4.69) is 15.0 Å². The summed E-state index contributed by atoms with van der Waals surface area (Å²) in [6, 6.07) is 7.73. The second-order valence-electron chi connectivity index (χ2n) is 4.28. The molecule has 0 fully saturated rings. The van der Waals surface area contributed by atoms with Gasteiger partial charge in [0.05, 0.1) is 16.2 Å². The molecule has 2 N–H and O–H groups in total. The number of nitrogens with zero attached hydrogens (tertiary/aromatic N) is 2. The summed E-state index contributed by atoms with van der Waals surface area (Å²) in [5.41, 5.74) is 0.604. The minimum atomic E-state index is -3.26. The second-order valence-corrected chi connectivity index (χ2v) is 6.33. The summed E-state index contributed by atoms with van der Waals surface area (Å²) in [5.74, 6) is 0.450. The molecular formula is C12H14N4O4S. The first-order valence-electron chi connectivity index (χ1n) is 6.11. The number of nitro benzene ring substituents is 1. The Morgan fingerprint density at radius 1 is 1.29 bits per heavy atom. The molecule has 0 aliphatic heterocycles. The fraction of sp³-hybridized carbons (Fsp3) is 0.250. The van der Waals surface area contributed by atoms with Gasteiger partial charge in [0.2, 0.25) is 10.0 Å². The van der Waals surface area contributed by atoms with E-state index in [-0.39, 0.29) is 18.0 Å². The van der Waals surface area contributed by atoms with Crippen molar-refractivity contribution in [2.45, 2.75) is 0 Å². The SMILES string of the molecule is CNS(=O)(=O)CCNc1ccc2cc([N+](=O)[O-])ccc2n1. The molecule has 0 saturated carbocycles. The van der Waals surface area contributed by atoms with Crippen molar-refractivity contribution >= 4 is 32.4 Å². The zero-order valence-electron chi connectivity index (χ0n) is 11.2. The number of aromatic nitrogens is 1. The van der Waals surface area contributed by atoms with E-state index >= 15 is 0 Å². The fourth-order valence-corrected chi connectivity index (χ4v) is 2.32. The topological polar surface area (TPSA) is 114 Å². The Balaban J connectivity index is 2.13. The molecule has 0 aliphatic rings. The van der Waals surface area contributed by atoms with Crippen LogP contribution in [0.5, 0.6) is 0 Å². The smallest absolute Gasteiger partial charge is 0.270 e. The van der Waals surface area contributed by atoms with Gasteiger partial charge >= 0.3 is 0 Å². The summed E-state index contributed by atoms with van der Waals surface area (Å²) >= 11 is 0. The van der Waals surface area contributed by atoms with Crippen molar-refractivity contribution in [3.05, 3.63) is 40.4 Å². The third-order valence-electron chi connectivity index (χ3n) is 2.87. The van der Waals surface area contributed by atoms with Crippen LogP contribution in [0.3, 0.4) is 0 Å². The van der Waals surface area contributed by atoms with Crippen LogP contribution < -0.4 is 10.0 Å². The molecule has 21 heavy (non-hydrogen) atoms. The summed E-state index contributed by atoms with van der Waals surface area (Å²) in [7, 11) is -1.90. The van der Waals surface area contributed by atoms with Crippen molar-refractivity contribution in [2.24, 2.45) is 0 Å². The highest BCUT2D eigenvalue weighted by Gasteiger charge is 2.08. The molecule has 9 heteroatoms. The lowest BCUT2D eigenvalue weighted by atomic mass is 10.2. The lowest BCUT2D eigenvalue weighted by molar-refractivity contribution is -0.384. The maximum atomic E-state index is 11.3. The van der Waals surface area contributed by atoms with Crippen molar-refractivity contribution in [2.75, 3.05) is 24.7 Å². The first-order chi connectivity index (χ1) is 9.91. The Hall–Kier alpha value is -2.26. The Kier molecular flexibility index (Phi) is 4.34. The number of hydrogen-bond donors (Lipinski definition) is 2. The van der Waals surface area contributed by atoms with E-state index in [1.54, 1.807) is 18.2 Å². The van der Waals surface area contributed by atoms with Crippen molar-refractivity contribution in [3.63, 3.8) is 0 Å². The van der Waals surface area contributed by atoms with Crippen molar-refractivity contribution in [1.82, 2.24) is 9.71 Å². The summed E-state index contributed by atoms with van der Waals surface area (Å²) in [5, 5.41) is 14.2. The summed E-state index contributed by atoms with van der Waals surface area (Å²) in [4.78, 5) is 14.5. The third-order valence-corrected chi connectivity index (χ3v) is 4.24. The van der Waals surface area contributed by atoms with E-state index in [9.17, 15) is 18.5 Å². The molecule has 8 nitrogen and oxygen atoms in total. The summed E-state index contributed by atoms with van der Waals surface area (Å²) in [6.07, 6.45) is 0. The maximum Gasteiger partial charge on any atom is 0.270 e. The Morgan fingerprint density at radius 2 is 2.05 bits per heavy atom. The number of pyridine rings is 1. The van der Waals surface area contributed by atoms with Gasteiger partial charge in [-0.2, -0.15) is 0 Å². The van der Waals surface area contributed by atoms with Gasteiger partial charge in [-0.3, -0.25) is 10.1 Å². The highest BCUT2D eigenvalue weighted by molar-refractivity contribution is 7.89. The predicted octanol–water partition coefficient (Wildman–Crippen LogP) is 1.10. The number of sulfonamides is 1.